The van der Waals surface area contributed by atoms with E-state index in [-0.39, 0.29) is 12.5 Å². The lowest BCUT2D eigenvalue weighted by Crippen LogP contribution is -2.26. The van der Waals surface area contributed by atoms with Gasteiger partial charge in [0.2, 0.25) is 0 Å². The van der Waals surface area contributed by atoms with Crippen LogP contribution in [0.15, 0.2) is 24.3 Å². The zero-order chi connectivity index (χ0) is 19.4. The maximum Gasteiger partial charge on any atom is 0.508 e. The molecule has 0 spiro atoms. The van der Waals surface area contributed by atoms with E-state index in [0.29, 0.717) is 18.6 Å². The number of unbranched alkanes of at least 4 members (excludes halogenated alkanes) is 1. The molecule has 5 heteroatoms. The van der Waals surface area contributed by atoms with Gasteiger partial charge in [0.1, 0.15) is 12.7 Å². The summed E-state index contributed by atoms with van der Waals surface area (Å²) in [6.07, 6.45) is 3.52. The summed E-state index contributed by atoms with van der Waals surface area (Å²) in [5.74, 6) is -0.156. The van der Waals surface area contributed by atoms with Crippen LogP contribution in [0.4, 0.5) is 4.79 Å². The van der Waals surface area contributed by atoms with E-state index in [1.807, 2.05) is 32.9 Å². The van der Waals surface area contributed by atoms with Gasteiger partial charge in [0.15, 0.2) is 0 Å². The fourth-order valence-corrected chi connectivity index (χ4v) is 2.34. The van der Waals surface area contributed by atoms with Crippen LogP contribution in [-0.2, 0) is 20.6 Å². The van der Waals surface area contributed by atoms with E-state index < -0.39 is 18.2 Å². The van der Waals surface area contributed by atoms with Crippen molar-refractivity contribution in [2.45, 2.75) is 65.9 Å². The van der Waals surface area contributed by atoms with E-state index >= 15 is 0 Å². The van der Waals surface area contributed by atoms with Crippen LogP contribution in [0.25, 0.3) is 0 Å². The molecule has 1 aromatic carbocycles. The first-order valence-corrected chi connectivity index (χ1v) is 9.55. The molecule has 0 heterocycles. The number of carbonyl (C=O) groups excluding carboxylic acids is 2. The highest BCUT2D eigenvalue weighted by atomic mass is 16.7. The van der Waals surface area contributed by atoms with Gasteiger partial charge in [-0.1, -0.05) is 52.7 Å². The quantitative estimate of drug-likeness (QED) is 0.507. The molecule has 0 aliphatic heterocycles. The molecular formula is C21H32O5. The highest BCUT2D eigenvalue weighted by Crippen LogP contribution is 2.12. The molecule has 0 amide bonds. The van der Waals surface area contributed by atoms with Crippen molar-refractivity contribution >= 4 is 12.1 Å². The van der Waals surface area contributed by atoms with E-state index in [0.717, 1.165) is 25.7 Å². The van der Waals surface area contributed by atoms with Gasteiger partial charge in [0, 0.05) is 0 Å². The van der Waals surface area contributed by atoms with Crippen molar-refractivity contribution in [1.82, 2.24) is 0 Å². The van der Waals surface area contributed by atoms with E-state index in [2.05, 4.69) is 6.92 Å². The van der Waals surface area contributed by atoms with E-state index in [9.17, 15) is 9.59 Å². The third kappa shape index (κ3) is 8.88. The summed E-state index contributed by atoms with van der Waals surface area (Å²) in [5.41, 5.74) is 1.72. The Hall–Kier alpha value is -2.04. The van der Waals surface area contributed by atoms with Gasteiger partial charge in [-0.3, -0.25) is 0 Å². The lowest BCUT2D eigenvalue weighted by molar-refractivity contribution is -0.0109. The van der Waals surface area contributed by atoms with Gasteiger partial charge in [-0.25, -0.2) is 9.59 Å². The average molecular weight is 364 g/mol. The van der Waals surface area contributed by atoms with Crippen LogP contribution in [-0.4, -0.2) is 31.4 Å². The summed E-state index contributed by atoms with van der Waals surface area (Å²) in [5, 5.41) is 0. The summed E-state index contributed by atoms with van der Waals surface area (Å²) in [7, 11) is 0. The second-order valence-corrected chi connectivity index (χ2v) is 6.88. The Morgan fingerprint density at radius 3 is 2.19 bits per heavy atom. The van der Waals surface area contributed by atoms with Crippen molar-refractivity contribution < 1.29 is 23.8 Å². The summed E-state index contributed by atoms with van der Waals surface area (Å²) < 4.78 is 15.5. The zero-order valence-electron chi connectivity index (χ0n) is 16.5. The number of hydrogen-bond acceptors (Lipinski definition) is 5. The Kier molecular flexibility index (Phi) is 10.4. The minimum Gasteiger partial charge on any atom is -0.455 e. The highest BCUT2D eigenvalue weighted by Gasteiger charge is 2.18. The summed E-state index contributed by atoms with van der Waals surface area (Å²) >= 11 is 0. The van der Waals surface area contributed by atoms with E-state index in [1.165, 1.54) is 5.56 Å². The molecule has 1 aromatic rings. The molecule has 146 valence electrons. The van der Waals surface area contributed by atoms with Crippen molar-refractivity contribution in [2.24, 2.45) is 5.92 Å². The molecule has 1 atom stereocenters. The second-order valence-electron chi connectivity index (χ2n) is 6.88. The highest BCUT2D eigenvalue weighted by molar-refractivity contribution is 5.89. The molecule has 0 aromatic heterocycles. The number of aryl methyl sites for hydroxylation is 1. The largest absolute Gasteiger partial charge is 0.508 e. The number of benzene rings is 1. The smallest absolute Gasteiger partial charge is 0.455 e. The van der Waals surface area contributed by atoms with Crippen molar-refractivity contribution in [3.63, 3.8) is 0 Å². The minimum absolute atomic E-state index is 0.00505. The second kappa shape index (κ2) is 12.3. The van der Waals surface area contributed by atoms with Crippen LogP contribution in [0.1, 0.15) is 69.3 Å². The predicted molar refractivity (Wildman–Crippen MR) is 101 cm³/mol. The summed E-state index contributed by atoms with van der Waals surface area (Å²) in [4.78, 5) is 23.9. The SMILES string of the molecule is CCCCc1ccc(C(=O)OC(CCC)COC(=O)OCC(C)C)cc1. The average Bonchev–Trinajstić information content (AvgIpc) is 2.63. The zero-order valence-corrected chi connectivity index (χ0v) is 16.5. The van der Waals surface area contributed by atoms with Crippen molar-refractivity contribution in [3.8, 4) is 0 Å². The number of carbonyl (C=O) groups is 2. The fraction of sp³-hybridized carbons (Fsp3) is 0.619. The summed E-state index contributed by atoms with van der Waals surface area (Å²) in [6, 6.07) is 7.49. The molecule has 1 rings (SSSR count). The maximum atomic E-state index is 12.3. The van der Waals surface area contributed by atoms with Crippen LogP contribution in [0.2, 0.25) is 0 Å². The Bertz CT molecular complexity index is 536. The van der Waals surface area contributed by atoms with Gasteiger partial charge in [-0.15, -0.1) is 0 Å². The first-order chi connectivity index (χ1) is 12.5. The number of ether oxygens (including phenoxy) is 3. The molecule has 0 saturated heterocycles. The molecule has 1 unspecified atom stereocenters. The lowest BCUT2D eigenvalue weighted by Gasteiger charge is -2.17. The Balaban J connectivity index is 2.51. The van der Waals surface area contributed by atoms with Crippen molar-refractivity contribution in [1.29, 1.82) is 0 Å². The van der Waals surface area contributed by atoms with Gasteiger partial charge in [0.05, 0.1) is 12.2 Å². The van der Waals surface area contributed by atoms with Crippen LogP contribution in [0.5, 0.6) is 0 Å². The molecule has 0 bridgehead atoms. The lowest BCUT2D eigenvalue weighted by atomic mass is 10.1. The molecule has 0 aliphatic rings. The number of esters is 1. The molecule has 5 nitrogen and oxygen atoms in total. The van der Waals surface area contributed by atoms with E-state index in [1.54, 1.807) is 12.1 Å². The first kappa shape index (κ1) is 22.0. The van der Waals surface area contributed by atoms with Gasteiger partial charge < -0.3 is 14.2 Å². The van der Waals surface area contributed by atoms with E-state index in [4.69, 9.17) is 14.2 Å². The van der Waals surface area contributed by atoms with Crippen LogP contribution < -0.4 is 0 Å². The predicted octanol–water partition coefficient (Wildman–Crippen LogP) is 5.16. The van der Waals surface area contributed by atoms with Gasteiger partial charge in [0.25, 0.3) is 0 Å². The van der Waals surface area contributed by atoms with Crippen LogP contribution in [0, 0.1) is 5.92 Å². The third-order valence-electron chi connectivity index (χ3n) is 3.81. The first-order valence-electron chi connectivity index (χ1n) is 9.55. The normalized spacial score (nSPS) is 11.9. The maximum absolute atomic E-state index is 12.3. The topological polar surface area (TPSA) is 61.8 Å². The third-order valence-corrected chi connectivity index (χ3v) is 3.81. The van der Waals surface area contributed by atoms with Gasteiger partial charge in [-0.2, -0.15) is 0 Å². The molecule has 0 radical (unpaired) electrons. The molecular weight excluding hydrogens is 332 g/mol. The molecule has 0 aliphatic carbocycles. The van der Waals surface area contributed by atoms with Gasteiger partial charge in [-0.05, 0) is 42.9 Å². The fourth-order valence-electron chi connectivity index (χ4n) is 2.34. The van der Waals surface area contributed by atoms with Crippen molar-refractivity contribution in [3.05, 3.63) is 35.4 Å². The Labute approximate surface area is 157 Å². The number of rotatable bonds is 11. The van der Waals surface area contributed by atoms with Crippen LogP contribution >= 0.6 is 0 Å². The molecule has 0 saturated carbocycles. The monoisotopic (exact) mass is 364 g/mol. The number of hydrogen-bond donors (Lipinski definition) is 0. The molecule has 0 fully saturated rings. The van der Waals surface area contributed by atoms with Crippen molar-refractivity contribution in [2.75, 3.05) is 13.2 Å². The Morgan fingerprint density at radius 2 is 1.62 bits per heavy atom. The minimum atomic E-state index is -0.726. The standard InChI is InChI=1S/C21H32O5/c1-5-7-9-17-10-12-18(13-11-17)20(22)26-19(8-6-2)15-25-21(23)24-14-16(3)4/h10-13,16,19H,5-9,14-15H2,1-4H3. The molecule has 0 N–H and O–H groups in total. The molecule has 26 heavy (non-hydrogen) atoms. The Morgan fingerprint density at radius 1 is 0.962 bits per heavy atom. The summed E-state index contributed by atoms with van der Waals surface area (Å²) in [6.45, 7) is 8.35. The van der Waals surface area contributed by atoms with Crippen LogP contribution in [0.3, 0.4) is 0 Å². The van der Waals surface area contributed by atoms with Gasteiger partial charge >= 0.3 is 12.1 Å².